The smallest absolute Gasteiger partial charge is 0.368 e. The largest absolute Gasteiger partial charge is 0.544 e. The summed E-state index contributed by atoms with van der Waals surface area (Å²) in [6.45, 7) is 0. The van der Waals surface area contributed by atoms with Crippen LogP contribution in [0.2, 0.25) is 0 Å². The Hall–Kier alpha value is -3.09. The predicted octanol–water partition coefficient (Wildman–Crippen LogP) is 3.87. The summed E-state index contributed by atoms with van der Waals surface area (Å²) < 4.78 is 4.80. The topological polar surface area (TPSA) is 87.8 Å². The van der Waals surface area contributed by atoms with Crippen LogP contribution in [-0.2, 0) is 42.3 Å². The number of carbonyl (C=O) groups is 1. The zero-order chi connectivity index (χ0) is 20.1. The van der Waals surface area contributed by atoms with Crippen molar-refractivity contribution in [1.29, 1.82) is 0 Å². The van der Waals surface area contributed by atoms with Crippen LogP contribution >= 0.6 is 0 Å². The van der Waals surface area contributed by atoms with Crippen molar-refractivity contribution in [3.63, 3.8) is 0 Å². The van der Waals surface area contributed by atoms with E-state index < -0.39 is 11.9 Å². The van der Waals surface area contributed by atoms with Gasteiger partial charge in [-0.15, -0.1) is 0 Å². The van der Waals surface area contributed by atoms with Crippen LogP contribution in [0.25, 0.3) is 17.3 Å². The number of carbonyl (C=O) groups excluding carboxylic acids is 1. The maximum absolute atomic E-state index is 11.9. The summed E-state index contributed by atoms with van der Waals surface area (Å²) in [6, 6.07) is 18.6. The summed E-state index contributed by atoms with van der Waals surface area (Å²) in [7, 11) is 0. The van der Waals surface area contributed by atoms with Crippen LogP contribution in [0.15, 0.2) is 100 Å². The summed E-state index contributed by atoms with van der Waals surface area (Å²) in [6.07, 6.45) is 8.29. The number of hydrogen-bond acceptors (Lipinski definition) is 6. The maximum Gasteiger partial charge on any atom is 0.368 e. The van der Waals surface area contributed by atoms with Crippen LogP contribution < -0.4 is 5.11 Å². The van der Waals surface area contributed by atoms with Gasteiger partial charge in [-0.2, -0.15) is 5.16 Å². The normalized spacial score (nSPS) is 14.9. The van der Waals surface area contributed by atoms with Crippen molar-refractivity contribution in [2.24, 2.45) is 5.16 Å². The van der Waals surface area contributed by atoms with Gasteiger partial charge in [0.15, 0.2) is 0 Å². The quantitative estimate of drug-likeness (QED) is 0.320. The second-order valence-electron chi connectivity index (χ2n) is 6.11. The molecule has 0 saturated heterocycles. The van der Waals surface area contributed by atoms with Crippen molar-refractivity contribution in [3.8, 4) is 17.2 Å². The molecule has 0 aliphatic carbocycles. The Bertz CT molecular complexity index is 1150. The monoisotopic (exact) mass is 472 g/mol. The van der Waals surface area contributed by atoms with Crippen molar-refractivity contribution < 1.29 is 52.0 Å². The van der Waals surface area contributed by atoms with Crippen molar-refractivity contribution in [2.75, 3.05) is 0 Å². The number of allylic oxidation sites excluding steroid dienone is 4. The van der Waals surface area contributed by atoms with Crippen LogP contribution in [0, 0.1) is 0 Å². The van der Waals surface area contributed by atoms with E-state index in [0.717, 1.165) is 11.1 Å². The van der Waals surface area contributed by atoms with Crippen molar-refractivity contribution >= 4 is 17.8 Å². The molecule has 0 saturated carbocycles. The zero-order valence-electron chi connectivity index (χ0n) is 15.8. The number of hydrogen-bond donors (Lipinski definition) is 0. The molecule has 2 heterocycles. The van der Waals surface area contributed by atoms with Crippen LogP contribution in [0.4, 0.5) is 0 Å². The molecule has 1 aliphatic heterocycles. The first-order chi connectivity index (χ1) is 14.2. The number of nitrogens with zero attached hydrogens (tertiary/aromatic N) is 2. The van der Waals surface area contributed by atoms with E-state index in [9.17, 15) is 9.90 Å². The third-order valence-corrected chi connectivity index (χ3v) is 4.23. The molecule has 1 radical (unpaired) electrons. The molecule has 0 amide bonds. The van der Waals surface area contributed by atoms with Crippen LogP contribution in [0.5, 0.6) is 5.95 Å². The van der Waals surface area contributed by atoms with E-state index in [-0.39, 0.29) is 32.7 Å². The first-order valence-electron chi connectivity index (χ1n) is 8.86. The first-order valence-corrected chi connectivity index (χ1v) is 8.86. The fraction of sp³-hybridized carbons (Fsp3) is 0. The molecule has 0 unspecified atom stereocenters. The number of benzene rings is 2. The van der Waals surface area contributed by atoms with Gasteiger partial charge in [0, 0.05) is 49.4 Å². The predicted molar refractivity (Wildman–Crippen MR) is 107 cm³/mol. The zero-order valence-corrected chi connectivity index (χ0v) is 18.6. The third-order valence-electron chi connectivity index (χ3n) is 4.23. The Labute approximate surface area is 198 Å². The molecule has 7 heteroatoms. The third kappa shape index (κ3) is 4.72. The molecule has 145 valence electrons. The van der Waals surface area contributed by atoms with Crippen molar-refractivity contribution in [2.45, 2.75) is 0 Å². The van der Waals surface area contributed by atoms with Gasteiger partial charge in [-0.1, -0.05) is 90.1 Å². The molecule has 6 nitrogen and oxygen atoms in total. The minimum absolute atomic E-state index is 0. The molecule has 30 heavy (non-hydrogen) atoms. The molecule has 1 aromatic heterocycles. The molecule has 0 bridgehead atoms. The Kier molecular flexibility index (Phi) is 7.28. The van der Waals surface area contributed by atoms with Crippen molar-refractivity contribution in [1.82, 2.24) is 5.16 Å². The second-order valence-corrected chi connectivity index (χ2v) is 6.11. The van der Waals surface area contributed by atoms with Crippen LogP contribution in [0.3, 0.4) is 0 Å². The van der Waals surface area contributed by atoms with Gasteiger partial charge in [-0.3, -0.25) is 0 Å². The van der Waals surface area contributed by atoms with Gasteiger partial charge in [0.05, 0.1) is 17.2 Å². The van der Waals surface area contributed by atoms with Gasteiger partial charge in [0.1, 0.15) is 5.71 Å². The Balaban J connectivity index is 0.00000256. The summed E-state index contributed by atoms with van der Waals surface area (Å²) >= 11 is 0. The van der Waals surface area contributed by atoms with Gasteiger partial charge < -0.3 is 14.5 Å². The minimum atomic E-state index is -0.510. The van der Waals surface area contributed by atoms with E-state index >= 15 is 0 Å². The Morgan fingerprint density at radius 3 is 2.23 bits per heavy atom. The fourth-order valence-corrected chi connectivity index (χ4v) is 2.83. The Morgan fingerprint density at radius 2 is 1.53 bits per heavy atom. The molecule has 2 aromatic carbocycles. The van der Waals surface area contributed by atoms with E-state index in [1.165, 1.54) is 0 Å². The SMILES string of the molecule is O=C1ON=C(c2ccccc2)/C1=C/C=C/C=C/c1c(-c2ccccc2)noc1[O-].[Y]. The average Bonchev–Trinajstić information content (AvgIpc) is 3.32. The van der Waals surface area contributed by atoms with Gasteiger partial charge in [0.2, 0.25) is 0 Å². The Morgan fingerprint density at radius 1 is 0.867 bits per heavy atom. The molecule has 3 aromatic rings. The minimum Gasteiger partial charge on any atom is -0.544 e. The van der Waals surface area contributed by atoms with E-state index in [0.29, 0.717) is 22.5 Å². The standard InChI is InChI=1S/C23H16N2O4.Y/c26-22-18(20(24-28-22)16-10-4-1-5-11-16)14-8-3-9-15-19-21(25-29-23(19)27)17-12-6-2-7-13-17;/h1-15,26H;/p-1/b9-3+,14-8+,19-15-;. The van der Waals surface area contributed by atoms with Gasteiger partial charge >= 0.3 is 5.97 Å². The molecular weight excluding hydrogens is 457 g/mol. The molecule has 0 spiro atoms. The summed E-state index contributed by atoms with van der Waals surface area (Å²) in [5.74, 6) is -1.02. The van der Waals surface area contributed by atoms with Crippen molar-refractivity contribution in [3.05, 3.63) is 102 Å². The molecule has 0 fully saturated rings. The van der Waals surface area contributed by atoms with Crippen LogP contribution in [0.1, 0.15) is 11.1 Å². The van der Waals surface area contributed by atoms with Gasteiger partial charge in [0.25, 0.3) is 0 Å². The molecule has 1 aliphatic rings. The molecule has 0 atom stereocenters. The molecule has 0 N–H and O–H groups in total. The average molecular weight is 472 g/mol. The van der Waals surface area contributed by atoms with E-state index in [1.807, 2.05) is 60.7 Å². The summed E-state index contributed by atoms with van der Waals surface area (Å²) in [5, 5.41) is 19.6. The number of rotatable bonds is 5. The molecular formula is C23H15N2O4Y-. The van der Waals surface area contributed by atoms with Crippen LogP contribution in [-0.4, -0.2) is 16.8 Å². The molecule has 4 rings (SSSR count). The van der Waals surface area contributed by atoms with Gasteiger partial charge in [-0.25, -0.2) is 4.79 Å². The fourth-order valence-electron chi connectivity index (χ4n) is 2.83. The first kappa shape index (κ1) is 21.6. The second kappa shape index (κ2) is 10.1. The number of aromatic nitrogens is 1. The van der Waals surface area contributed by atoms with E-state index in [2.05, 4.69) is 10.3 Å². The van der Waals surface area contributed by atoms with Gasteiger partial charge in [-0.05, 0) is 6.08 Å². The summed E-state index contributed by atoms with van der Waals surface area (Å²) in [5.41, 5.74) is 3.27. The number of oxime groups is 1. The summed E-state index contributed by atoms with van der Waals surface area (Å²) in [4.78, 5) is 16.7. The maximum atomic E-state index is 11.9. The van der Waals surface area contributed by atoms with E-state index in [4.69, 9.17) is 9.36 Å². The van der Waals surface area contributed by atoms with E-state index in [1.54, 1.807) is 30.4 Å².